The van der Waals surface area contributed by atoms with Crippen molar-refractivity contribution in [2.45, 2.75) is 26.7 Å². The molecule has 0 aromatic carbocycles. The summed E-state index contributed by atoms with van der Waals surface area (Å²) in [5.41, 5.74) is 0. The van der Waals surface area contributed by atoms with E-state index in [1.165, 1.54) is 0 Å². The Morgan fingerprint density at radius 1 is 1.35 bits per heavy atom. The molecule has 96 valence electrons. The SMILES string of the molecule is CCc1nc(NC)cc(NCC(C)CCO)n1. The van der Waals surface area contributed by atoms with E-state index in [1.54, 1.807) is 0 Å². The van der Waals surface area contributed by atoms with Gasteiger partial charge in [-0.1, -0.05) is 13.8 Å². The molecule has 0 fully saturated rings. The molecule has 0 saturated carbocycles. The zero-order valence-corrected chi connectivity index (χ0v) is 10.8. The van der Waals surface area contributed by atoms with E-state index in [0.29, 0.717) is 5.92 Å². The van der Waals surface area contributed by atoms with Gasteiger partial charge >= 0.3 is 0 Å². The molecule has 5 nitrogen and oxygen atoms in total. The van der Waals surface area contributed by atoms with Crippen molar-refractivity contribution < 1.29 is 5.11 Å². The molecule has 1 unspecified atom stereocenters. The van der Waals surface area contributed by atoms with Crippen molar-refractivity contribution >= 4 is 11.6 Å². The van der Waals surface area contributed by atoms with Gasteiger partial charge in [0.15, 0.2) is 0 Å². The Morgan fingerprint density at radius 2 is 2.06 bits per heavy atom. The van der Waals surface area contributed by atoms with Crippen molar-refractivity contribution in [3.63, 3.8) is 0 Å². The number of aliphatic hydroxyl groups is 1. The van der Waals surface area contributed by atoms with Gasteiger partial charge in [0.1, 0.15) is 17.5 Å². The maximum atomic E-state index is 8.83. The van der Waals surface area contributed by atoms with Crippen molar-refractivity contribution in [1.82, 2.24) is 9.97 Å². The Morgan fingerprint density at radius 3 is 2.65 bits per heavy atom. The lowest BCUT2D eigenvalue weighted by Gasteiger charge is -2.13. The molecule has 1 aromatic heterocycles. The van der Waals surface area contributed by atoms with Gasteiger partial charge in [-0.2, -0.15) is 0 Å². The van der Waals surface area contributed by atoms with Gasteiger partial charge in [0.05, 0.1) is 0 Å². The number of hydrogen-bond donors (Lipinski definition) is 3. The lowest BCUT2D eigenvalue weighted by Crippen LogP contribution is -2.14. The van der Waals surface area contributed by atoms with E-state index < -0.39 is 0 Å². The summed E-state index contributed by atoms with van der Waals surface area (Å²) in [4.78, 5) is 8.74. The lowest BCUT2D eigenvalue weighted by molar-refractivity contribution is 0.266. The highest BCUT2D eigenvalue weighted by atomic mass is 16.3. The van der Waals surface area contributed by atoms with Crippen LogP contribution in [0.2, 0.25) is 0 Å². The van der Waals surface area contributed by atoms with Gasteiger partial charge < -0.3 is 15.7 Å². The van der Waals surface area contributed by atoms with Crippen molar-refractivity contribution in [2.24, 2.45) is 5.92 Å². The van der Waals surface area contributed by atoms with Crippen LogP contribution in [-0.2, 0) is 6.42 Å². The monoisotopic (exact) mass is 238 g/mol. The third-order valence-electron chi connectivity index (χ3n) is 2.60. The van der Waals surface area contributed by atoms with Crippen molar-refractivity contribution in [3.05, 3.63) is 11.9 Å². The van der Waals surface area contributed by atoms with Gasteiger partial charge in [-0.05, 0) is 12.3 Å². The van der Waals surface area contributed by atoms with Gasteiger partial charge in [0.25, 0.3) is 0 Å². The van der Waals surface area contributed by atoms with Crippen LogP contribution < -0.4 is 10.6 Å². The van der Waals surface area contributed by atoms with E-state index in [4.69, 9.17) is 5.11 Å². The zero-order chi connectivity index (χ0) is 12.7. The van der Waals surface area contributed by atoms with Gasteiger partial charge in [-0.25, -0.2) is 9.97 Å². The number of nitrogens with zero attached hydrogens (tertiary/aromatic N) is 2. The van der Waals surface area contributed by atoms with Gasteiger partial charge in [0, 0.05) is 32.7 Å². The van der Waals surface area contributed by atoms with Crippen LogP contribution in [0.4, 0.5) is 11.6 Å². The number of aliphatic hydroxyl groups excluding tert-OH is 1. The van der Waals surface area contributed by atoms with Crippen LogP contribution in [0.3, 0.4) is 0 Å². The second-order valence-corrected chi connectivity index (χ2v) is 4.16. The van der Waals surface area contributed by atoms with Crippen molar-refractivity contribution in [2.75, 3.05) is 30.8 Å². The number of rotatable bonds is 7. The fraction of sp³-hybridized carbons (Fsp3) is 0.667. The lowest BCUT2D eigenvalue weighted by atomic mass is 10.1. The van der Waals surface area contributed by atoms with Crippen LogP contribution in [0.25, 0.3) is 0 Å². The van der Waals surface area contributed by atoms with Crippen molar-refractivity contribution in [1.29, 1.82) is 0 Å². The quantitative estimate of drug-likeness (QED) is 0.671. The molecule has 1 heterocycles. The molecule has 1 atom stereocenters. The summed E-state index contributed by atoms with van der Waals surface area (Å²) in [5, 5.41) is 15.1. The topological polar surface area (TPSA) is 70.1 Å². The summed E-state index contributed by atoms with van der Waals surface area (Å²) in [7, 11) is 1.85. The summed E-state index contributed by atoms with van der Waals surface area (Å²) < 4.78 is 0. The molecule has 0 aliphatic heterocycles. The molecule has 1 aromatic rings. The number of aryl methyl sites for hydroxylation is 1. The highest BCUT2D eigenvalue weighted by Crippen LogP contribution is 2.12. The molecule has 5 heteroatoms. The number of nitrogens with one attached hydrogen (secondary N) is 2. The van der Waals surface area contributed by atoms with Gasteiger partial charge in [-0.3, -0.25) is 0 Å². The Hall–Kier alpha value is -1.36. The first-order valence-electron chi connectivity index (χ1n) is 6.10. The predicted octanol–water partition coefficient (Wildman–Crippen LogP) is 1.51. The van der Waals surface area contributed by atoms with Crippen LogP contribution in [0, 0.1) is 5.92 Å². The van der Waals surface area contributed by atoms with Gasteiger partial charge in [-0.15, -0.1) is 0 Å². The first-order valence-corrected chi connectivity index (χ1v) is 6.10. The van der Waals surface area contributed by atoms with Crippen LogP contribution >= 0.6 is 0 Å². The fourth-order valence-corrected chi connectivity index (χ4v) is 1.48. The Balaban J connectivity index is 2.63. The standard InChI is InChI=1S/C12H22N4O/c1-4-10-15-11(13-3)7-12(16-10)14-8-9(2)5-6-17/h7,9,17H,4-6,8H2,1-3H3,(H2,13,14,15,16). The molecular weight excluding hydrogens is 216 g/mol. The molecule has 0 bridgehead atoms. The fourth-order valence-electron chi connectivity index (χ4n) is 1.48. The van der Waals surface area contributed by atoms with Crippen LogP contribution in [0.15, 0.2) is 6.07 Å². The molecule has 0 radical (unpaired) electrons. The Labute approximate surface area is 103 Å². The molecule has 0 spiro atoms. The number of hydrogen-bond acceptors (Lipinski definition) is 5. The second kappa shape index (κ2) is 7.06. The smallest absolute Gasteiger partial charge is 0.132 e. The number of aromatic nitrogens is 2. The predicted molar refractivity (Wildman–Crippen MR) is 70.3 cm³/mol. The third-order valence-corrected chi connectivity index (χ3v) is 2.60. The van der Waals surface area contributed by atoms with Crippen LogP contribution in [-0.4, -0.2) is 35.3 Å². The minimum absolute atomic E-state index is 0.231. The second-order valence-electron chi connectivity index (χ2n) is 4.16. The Kier molecular flexibility index (Phi) is 5.69. The van der Waals surface area contributed by atoms with Crippen molar-refractivity contribution in [3.8, 4) is 0 Å². The van der Waals surface area contributed by atoms with E-state index in [2.05, 4.69) is 27.5 Å². The zero-order valence-electron chi connectivity index (χ0n) is 10.8. The van der Waals surface area contributed by atoms with E-state index >= 15 is 0 Å². The maximum Gasteiger partial charge on any atom is 0.132 e. The molecular formula is C12H22N4O. The first kappa shape index (κ1) is 13.7. The number of anilines is 2. The average molecular weight is 238 g/mol. The minimum atomic E-state index is 0.231. The third kappa shape index (κ3) is 4.56. The molecule has 0 aliphatic carbocycles. The Bertz CT molecular complexity index is 321. The van der Waals surface area contributed by atoms with Crippen LogP contribution in [0.1, 0.15) is 26.1 Å². The molecule has 0 aliphatic rings. The van der Waals surface area contributed by atoms with E-state index in [1.807, 2.05) is 20.0 Å². The normalized spacial score (nSPS) is 12.2. The summed E-state index contributed by atoms with van der Waals surface area (Å²) in [6.07, 6.45) is 1.62. The molecule has 0 saturated heterocycles. The minimum Gasteiger partial charge on any atom is -0.396 e. The highest BCUT2D eigenvalue weighted by molar-refractivity contribution is 5.47. The summed E-state index contributed by atoms with van der Waals surface area (Å²) >= 11 is 0. The van der Waals surface area contributed by atoms with E-state index in [-0.39, 0.29) is 6.61 Å². The molecule has 1 rings (SSSR count). The van der Waals surface area contributed by atoms with E-state index in [9.17, 15) is 0 Å². The molecule has 17 heavy (non-hydrogen) atoms. The maximum absolute atomic E-state index is 8.83. The highest BCUT2D eigenvalue weighted by Gasteiger charge is 2.04. The molecule has 0 amide bonds. The van der Waals surface area contributed by atoms with Crippen LogP contribution in [0.5, 0.6) is 0 Å². The first-order chi connectivity index (χ1) is 8.19. The summed E-state index contributed by atoms with van der Waals surface area (Å²) in [6, 6.07) is 1.89. The summed E-state index contributed by atoms with van der Waals surface area (Å²) in [5.74, 6) is 2.92. The van der Waals surface area contributed by atoms with Gasteiger partial charge in [0.2, 0.25) is 0 Å². The average Bonchev–Trinajstić information content (AvgIpc) is 2.36. The van der Waals surface area contributed by atoms with E-state index in [0.717, 1.165) is 36.8 Å². The molecule has 3 N–H and O–H groups in total. The summed E-state index contributed by atoms with van der Waals surface area (Å²) in [6.45, 7) is 5.18. The largest absolute Gasteiger partial charge is 0.396 e.